The molecule has 1 fully saturated rings. The van der Waals surface area contributed by atoms with Crippen molar-refractivity contribution in [3.8, 4) is 0 Å². The van der Waals surface area contributed by atoms with E-state index < -0.39 is 38.8 Å². The molecule has 168 valence electrons. The summed E-state index contributed by atoms with van der Waals surface area (Å²) >= 11 is 0. The van der Waals surface area contributed by atoms with E-state index >= 15 is 0 Å². The van der Waals surface area contributed by atoms with Crippen LogP contribution < -0.4 is 0 Å². The number of benzene rings is 1. The van der Waals surface area contributed by atoms with Crippen molar-refractivity contribution in [3.05, 3.63) is 35.9 Å². The SMILES string of the molecule is CC(CC(C)(C)C)C(O)C(C)(O[SiH](C)C)C(=O)N1C(=O)OCC1Cc1ccccc1. The van der Waals surface area contributed by atoms with Crippen molar-refractivity contribution in [2.75, 3.05) is 6.61 Å². The summed E-state index contributed by atoms with van der Waals surface area (Å²) in [6, 6.07) is 9.27. The van der Waals surface area contributed by atoms with E-state index in [0.29, 0.717) is 6.42 Å². The van der Waals surface area contributed by atoms with E-state index in [0.717, 1.165) is 16.9 Å². The van der Waals surface area contributed by atoms with Crippen LogP contribution in [0.25, 0.3) is 0 Å². The van der Waals surface area contributed by atoms with Crippen LogP contribution in [0.2, 0.25) is 13.1 Å². The van der Waals surface area contributed by atoms with Crippen molar-refractivity contribution < 1.29 is 23.9 Å². The molecule has 0 aliphatic carbocycles. The molecule has 0 bridgehead atoms. The van der Waals surface area contributed by atoms with Crippen LogP contribution in [0.3, 0.4) is 0 Å². The molecule has 0 spiro atoms. The van der Waals surface area contributed by atoms with Crippen molar-refractivity contribution in [3.63, 3.8) is 0 Å². The third kappa shape index (κ3) is 5.92. The Hall–Kier alpha value is -1.70. The summed E-state index contributed by atoms with van der Waals surface area (Å²) in [5.74, 6) is -0.696. The maximum atomic E-state index is 13.7. The average molecular weight is 436 g/mol. The molecule has 1 heterocycles. The minimum Gasteiger partial charge on any atom is -0.447 e. The highest BCUT2D eigenvalue weighted by Gasteiger charge is 2.52. The molecule has 1 aromatic carbocycles. The second kappa shape index (κ2) is 9.62. The first-order chi connectivity index (χ1) is 13.8. The van der Waals surface area contributed by atoms with Crippen LogP contribution in [0.5, 0.6) is 0 Å². The van der Waals surface area contributed by atoms with Gasteiger partial charge in [0.05, 0.1) is 12.1 Å². The summed E-state index contributed by atoms with van der Waals surface area (Å²) in [4.78, 5) is 27.4. The van der Waals surface area contributed by atoms with E-state index in [2.05, 4.69) is 20.8 Å². The van der Waals surface area contributed by atoms with E-state index in [9.17, 15) is 14.7 Å². The molecular formula is C23H37NO5Si. The third-order valence-electron chi connectivity index (χ3n) is 5.44. The topological polar surface area (TPSA) is 76.1 Å². The van der Waals surface area contributed by atoms with E-state index in [1.54, 1.807) is 6.92 Å². The van der Waals surface area contributed by atoms with Crippen molar-refractivity contribution in [1.29, 1.82) is 0 Å². The standard InChI is InChI=1S/C23H37NO5Si/c1-16(14-22(2,3)4)19(25)23(5,29-30(6)7)20(26)24-18(15-28-21(24)27)13-17-11-9-8-10-12-17/h8-12,16,18-19,25,30H,13-15H2,1-7H3. The van der Waals surface area contributed by atoms with Crippen LogP contribution in [-0.4, -0.2) is 55.4 Å². The number of aliphatic hydroxyl groups excluding tert-OH is 1. The lowest BCUT2D eigenvalue weighted by molar-refractivity contribution is -0.160. The summed E-state index contributed by atoms with van der Waals surface area (Å²) < 4.78 is 11.4. The Morgan fingerprint density at radius 3 is 2.40 bits per heavy atom. The van der Waals surface area contributed by atoms with Gasteiger partial charge in [-0.15, -0.1) is 0 Å². The Bertz CT molecular complexity index is 733. The van der Waals surface area contributed by atoms with Crippen LogP contribution in [0.4, 0.5) is 4.79 Å². The van der Waals surface area contributed by atoms with Gasteiger partial charge in [-0.25, -0.2) is 9.69 Å². The number of amides is 2. The fourth-order valence-corrected chi connectivity index (χ4v) is 5.56. The zero-order chi connectivity index (χ0) is 22.7. The molecule has 2 rings (SSSR count). The smallest absolute Gasteiger partial charge is 0.417 e. The Kier molecular flexibility index (Phi) is 7.88. The number of imide groups is 1. The van der Waals surface area contributed by atoms with Gasteiger partial charge in [0.1, 0.15) is 6.61 Å². The second-order valence-corrected chi connectivity index (χ2v) is 12.4. The number of nitrogens with zero attached hydrogens (tertiary/aromatic N) is 1. The molecule has 30 heavy (non-hydrogen) atoms. The second-order valence-electron chi connectivity index (χ2n) is 10.1. The Morgan fingerprint density at radius 2 is 1.87 bits per heavy atom. The maximum absolute atomic E-state index is 13.7. The van der Waals surface area contributed by atoms with Gasteiger partial charge in [-0.2, -0.15) is 0 Å². The summed E-state index contributed by atoms with van der Waals surface area (Å²) in [5.41, 5.74) is -0.494. The van der Waals surface area contributed by atoms with Gasteiger partial charge < -0.3 is 14.3 Å². The number of cyclic esters (lactones) is 1. The first-order valence-corrected chi connectivity index (χ1v) is 13.5. The minimum atomic E-state index is -1.71. The van der Waals surface area contributed by atoms with Crippen LogP contribution in [0, 0.1) is 11.3 Å². The fraction of sp³-hybridized carbons (Fsp3) is 0.652. The quantitative estimate of drug-likeness (QED) is 0.629. The Morgan fingerprint density at radius 1 is 1.27 bits per heavy atom. The molecule has 0 saturated carbocycles. The lowest BCUT2D eigenvalue weighted by Gasteiger charge is -2.41. The summed E-state index contributed by atoms with van der Waals surface area (Å²) in [5, 5.41) is 11.2. The maximum Gasteiger partial charge on any atom is 0.417 e. The zero-order valence-corrected chi connectivity index (χ0v) is 20.5. The third-order valence-corrected chi connectivity index (χ3v) is 6.40. The summed E-state index contributed by atoms with van der Waals surface area (Å²) in [6.45, 7) is 13.9. The van der Waals surface area contributed by atoms with Gasteiger partial charge in [0.25, 0.3) is 5.91 Å². The van der Waals surface area contributed by atoms with Gasteiger partial charge in [0, 0.05) is 0 Å². The molecule has 1 saturated heterocycles. The van der Waals surface area contributed by atoms with Crippen LogP contribution in [0.1, 0.15) is 46.6 Å². The van der Waals surface area contributed by atoms with E-state index in [-0.39, 0.29) is 17.9 Å². The minimum absolute atomic E-state index is 0.0119. The molecule has 7 heteroatoms. The predicted octanol–water partition coefficient (Wildman–Crippen LogP) is 3.77. The average Bonchev–Trinajstić information content (AvgIpc) is 2.99. The molecule has 1 aromatic rings. The number of rotatable bonds is 8. The van der Waals surface area contributed by atoms with Gasteiger partial charge in [0.15, 0.2) is 14.6 Å². The predicted molar refractivity (Wildman–Crippen MR) is 120 cm³/mol. The number of ether oxygens (including phenoxy) is 1. The number of carbonyl (C=O) groups is 2. The first-order valence-electron chi connectivity index (χ1n) is 10.8. The normalized spacial score (nSPS) is 21.3. The van der Waals surface area contributed by atoms with Crippen molar-refractivity contribution in [1.82, 2.24) is 4.90 Å². The molecular weight excluding hydrogens is 398 g/mol. The monoisotopic (exact) mass is 435 g/mol. The van der Waals surface area contributed by atoms with Crippen LogP contribution in [0.15, 0.2) is 30.3 Å². The molecule has 2 amide bonds. The zero-order valence-electron chi connectivity index (χ0n) is 19.3. The molecule has 0 aromatic heterocycles. The van der Waals surface area contributed by atoms with E-state index in [4.69, 9.17) is 9.16 Å². The molecule has 1 aliphatic rings. The van der Waals surface area contributed by atoms with Gasteiger partial charge in [-0.3, -0.25) is 4.79 Å². The highest BCUT2D eigenvalue weighted by atomic mass is 28.3. The number of carbonyl (C=O) groups excluding carboxylic acids is 2. The van der Waals surface area contributed by atoms with Gasteiger partial charge in [-0.1, -0.05) is 58.0 Å². The highest BCUT2D eigenvalue weighted by Crippen LogP contribution is 2.34. The molecule has 6 nitrogen and oxygen atoms in total. The van der Waals surface area contributed by atoms with Crippen LogP contribution >= 0.6 is 0 Å². The van der Waals surface area contributed by atoms with E-state index in [1.165, 1.54) is 0 Å². The largest absolute Gasteiger partial charge is 0.447 e. The summed E-state index contributed by atoms with van der Waals surface area (Å²) in [6.07, 6.45) is -0.485. The van der Waals surface area contributed by atoms with Gasteiger partial charge in [0.2, 0.25) is 0 Å². The highest BCUT2D eigenvalue weighted by molar-refractivity contribution is 6.48. The molecule has 1 aliphatic heterocycles. The van der Waals surface area contributed by atoms with Crippen LogP contribution in [-0.2, 0) is 20.4 Å². The first kappa shape index (κ1) is 24.6. The number of aliphatic hydroxyl groups is 1. The fourth-order valence-electron chi connectivity index (χ4n) is 4.34. The van der Waals surface area contributed by atoms with E-state index in [1.807, 2.05) is 50.3 Å². The molecule has 4 atom stereocenters. The molecule has 1 N–H and O–H groups in total. The summed E-state index contributed by atoms with van der Waals surface area (Å²) in [7, 11) is -1.71. The lowest BCUT2D eigenvalue weighted by atomic mass is 9.78. The van der Waals surface area contributed by atoms with Gasteiger partial charge >= 0.3 is 6.09 Å². The molecule has 0 radical (unpaired) electrons. The number of hydrogen-bond donors (Lipinski definition) is 1. The Labute approximate surface area is 182 Å². The number of hydrogen-bond acceptors (Lipinski definition) is 5. The van der Waals surface area contributed by atoms with Crippen molar-refractivity contribution in [2.45, 2.75) is 78.3 Å². The van der Waals surface area contributed by atoms with Crippen molar-refractivity contribution in [2.24, 2.45) is 11.3 Å². The van der Waals surface area contributed by atoms with Crippen molar-refractivity contribution >= 4 is 21.0 Å². The lowest BCUT2D eigenvalue weighted by Crippen LogP contribution is -2.61. The van der Waals surface area contributed by atoms with Gasteiger partial charge in [-0.05, 0) is 49.8 Å². The molecule has 4 unspecified atom stereocenters. The Balaban J connectivity index is 2.32.